The van der Waals surface area contributed by atoms with Crippen LogP contribution in [-0.4, -0.2) is 30.8 Å². The summed E-state index contributed by atoms with van der Waals surface area (Å²) >= 11 is 2.86. The monoisotopic (exact) mass is 278 g/mol. The van der Waals surface area contributed by atoms with Crippen LogP contribution in [0.15, 0.2) is 28.0 Å². The molecule has 0 aromatic carbocycles. The van der Waals surface area contributed by atoms with E-state index in [0.717, 1.165) is 26.7 Å². The minimum atomic E-state index is 0.784. The van der Waals surface area contributed by atoms with E-state index in [1.807, 2.05) is 30.8 Å². The first kappa shape index (κ1) is 11.4. The molecule has 3 aromatic rings. The van der Waals surface area contributed by atoms with Crippen LogP contribution >= 0.6 is 23.3 Å². The zero-order valence-electron chi connectivity index (χ0n) is 9.78. The molecule has 0 aliphatic carbocycles. The second-order valence-corrected chi connectivity index (χ2v) is 5.54. The van der Waals surface area contributed by atoms with E-state index in [4.69, 9.17) is 0 Å². The molecule has 0 fully saturated rings. The number of hydrogen-bond acceptors (Lipinski definition) is 7. The van der Waals surface area contributed by atoms with Gasteiger partial charge in [0.1, 0.15) is 16.7 Å². The largest absolute Gasteiger partial charge is 0.372 e. The highest BCUT2D eigenvalue weighted by Crippen LogP contribution is 2.30. The summed E-state index contributed by atoms with van der Waals surface area (Å²) in [6, 6.07) is 0. The summed E-state index contributed by atoms with van der Waals surface area (Å²) in [5, 5.41) is 3.86. The Labute approximate surface area is 112 Å². The van der Waals surface area contributed by atoms with E-state index in [0.29, 0.717) is 0 Å². The number of imidazole rings is 1. The second-order valence-electron chi connectivity index (χ2n) is 3.55. The molecule has 8 heteroatoms. The van der Waals surface area contributed by atoms with Gasteiger partial charge in [-0.15, -0.1) is 0 Å². The molecule has 0 spiro atoms. The number of nitrogens with one attached hydrogen (secondary N) is 1. The third-order valence-corrected chi connectivity index (χ3v) is 4.10. The highest BCUT2D eigenvalue weighted by Gasteiger charge is 2.11. The van der Waals surface area contributed by atoms with E-state index in [2.05, 4.69) is 24.6 Å². The molecule has 0 atom stereocenters. The summed E-state index contributed by atoms with van der Waals surface area (Å²) in [6.45, 7) is 1.88. The van der Waals surface area contributed by atoms with Crippen molar-refractivity contribution in [2.45, 2.75) is 16.3 Å². The summed E-state index contributed by atoms with van der Waals surface area (Å²) in [4.78, 5) is 13.1. The first-order valence-electron chi connectivity index (χ1n) is 5.26. The maximum atomic E-state index is 4.50. The SMILES string of the molecule is CNc1cn2ccnc2c(Sc2nc(C)ns2)n1. The Balaban J connectivity index is 2.06. The van der Waals surface area contributed by atoms with Crippen LogP contribution in [0.4, 0.5) is 5.82 Å². The van der Waals surface area contributed by atoms with Crippen molar-refractivity contribution in [3.05, 3.63) is 24.4 Å². The van der Waals surface area contributed by atoms with E-state index in [1.54, 1.807) is 6.20 Å². The lowest BCUT2D eigenvalue weighted by molar-refractivity contribution is 1.03. The van der Waals surface area contributed by atoms with Crippen molar-refractivity contribution in [1.29, 1.82) is 0 Å². The van der Waals surface area contributed by atoms with Crippen molar-refractivity contribution in [1.82, 2.24) is 23.7 Å². The molecule has 18 heavy (non-hydrogen) atoms. The third-order valence-electron chi connectivity index (χ3n) is 2.29. The fourth-order valence-electron chi connectivity index (χ4n) is 1.49. The molecule has 92 valence electrons. The van der Waals surface area contributed by atoms with Gasteiger partial charge in [-0.25, -0.2) is 15.0 Å². The molecule has 0 saturated carbocycles. The van der Waals surface area contributed by atoms with Crippen molar-refractivity contribution >= 4 is 34.8 Å². The molecule has 3 rings (SSSR count). The van der Waals surface area contributed by atoms with Crippen molar-refractivity contribution in [3.8, 4) is 0 Å². The summed E-state index contributed by atoms with van der Waals surface area (Å²) in [5.41, 5.74) is 0.826. The highest BCUT2D eigenvalue weighted by atomic mass is 32.2. The normalized spacial score (nSPS) is 11.0. The van der Waals surface area contributed by atoms with Gasteiger partial charge in [-0.3, -0.25) is 0 Å². The Hall–Kier alpha value is -1.67. The van der Waals surface area contributed by atoms with Crippen LogP contribution in [0, 0.1) is 6.92 Å². The Morgan fingerprint density at radius 3 is 3.00 bits per heavy atom. The summed E-state index contributed by atoms with van der Waals surface area (Å²) in [6.07, 6.45) is 5.55. The van der Waals surface area contributed by atoms with Gasteiger partial charge in [-0.2, -0.15) is 4.37 Å². The minimum absolute atomic E-state index is 0.784. The fraction of sp³-hybridized carbons (Fsp3) is 0.200. The smallest absolute Gasteiger partial charge is 0.176 e. The average molecular weight is 278 g/mol. The van der Waals surface area contributed by atoms with Gasteiger partial charge >= 0.3 is 0 Å². The minimum Gasteiger partial charge on any atom is -0.372 e. The molecular formula is C10H10N6S2. The average Bonchev–Trinajstić information content (AvgIpc) is 2.98. The first-order valence-corrected chi connectivity index (χ1v) is 6.85. The molecule has 0 amide bonds. The molecule has 3 heterocycles. The first-order chi connectivity index (χ1) is 8.76. The van der Waals surface area contributed by atoms with Crippen LogP contribution in [0.25, 0.3) is 5.65 Å². The van der Waals surface area contributed by atoms with Gasteiger partial charge in [0.2, 0.25) is 0 Å². The molecule has 3 aromatic heterocycles. The Morgan fingerprint density at radius 2 is 2.28 bits per heavy atom. The van der Waals surface area contributed by atoms with Gasteiger partial charge in [-0.05, 0) is 30.2 Å². The summed E-state index contributed by atoms with van der Waals surface area (Å²) in [7, 11) is 1.84. The molecule has 6 nitrogen and oxygen atoms in total. The molecule has 1 N–H and O–H groups in total. The number of rotatable bonds is 3. The Morgan fingerprint density at radius 1 is 1.39 bits per heavy atom. The van der Waals surface area contributed by atoms with E-state index in [9.17, 15) is 0 Å². The molecule has 0 unspecified atom stereocenters. The van der Waals surface area contributed by atoms with Gasteiger partial charge in [0.25, 0.3) is 0 Å². The lowest BCUT2D eigenvalue weighted by Gasteiger charge is -2.04. The molecular weight excluding hydrogens is 268 g/mol. The maximum Gasteiger partial charge on any atom is 0.176 e. The third kappa shape index (κ3) is 2.04. The number of anilines is 1. The zero-order chi connectivity index (χ0) is 12.5. The standard InChI is InChI=1S/C10H10N6S2/c1-6-13-10(18-15-6)17-9-8-12-3-4-16(8)5-7(11-2)14-9/h3-5,11H,1-2H3. The van der Waals surface area contributed by atoms with Crippen molar-refractivity contribution in [3.63, 3.8) is 0 Å². The van der Waals surface area contributed by atoms with E-state index >= 15 is 0 Å². The number of aromatic nitrogens is 5. The summed E-state index contributed by atoms with van der Waals surface area (Å²) < 4.78 is 6.98. The molecule has 0 radical (unpaired) electrons. The van der Waals surface area contributed by atoms with Crippen LogP contribution in [0.1, 0.15) is 5.82 Å². The van der Waals surface area contributed by atoms with Crippen molar-refractivity contribution in [2.75, 3.05) is 12.4 Å². The Bertz CT molecular complexity index is 689. The topological polar surface area (TPSA) is 68.0 Å². The van der Waals surface area contributed by atoms with Crippen molar-refractivity contribution < 1.29 is 0 Å². The number of nitrogens with zero attached hydrogens (tertiary/aromatic N) is 5. The van der Waals surface area contributed by atoms with Crippen molar-refractivity contribution in [2.24, 2.45) is 0 Å². The van der Waals surface area contributed by atoms with Gasteiger partial charge in [-0.1, -0.05) is 0 Å². The van der Waals surface area contributed by atoms with Crippen LogP contribution < -0.4 is 5.32 Å². The Kier molecular flexibility index (Phi) is 2.88. The maximum absolute atomic E-state index is 4.50. The van der Waals surface area contributed by atoms with Crippen LogP contribution in [-0.2, 0) is 0 Å². The quantitative estimate of drug-likeness (QED) is 0.791. The van der Waals surface area contributed by atoms with Crippen LogP contribution in [0.3, 0.4) is 0 Å². The highest BCUT2D eigenvalue weighted by molar-refractivity contribution is 8.01. The predicted molar refractivity (Wildman–Crippen MR) is 71.3 cm³/mol. The molecule has 0 bridgehead atoms. The number of hydrogen-bond donors (Lipinski definition) is 1. The zero-order valence-corrected chi connectivity index (χ0v) is 11.4. The van der Waals surface area contributed by atoms with Gasteiger partial charge in [0.05, 0.1) is 6.20 Å². The van der Waals surface area contributed by atoms with E-state index in [1.165, 1.54) is 23.3 Å². The lowest BCUT2D eigenvalue weighted by atomic mass is 10.6. The lowest BCUT2D eigenvalue weighted by Crippen LogP contribution is -1.98. The van der Waals surface area contributed by atoms with Gasteiger partial charge in [0.15, 0.2) is 9.99 Å². The predicted octanol–water partition coefficient (Wildman–Crippen LogP) is 2.08. The van der Waals surface area contributed by atoms with Gasteiger partial charge in [0, 0.05) is 19.4 Å². The van der Waals surface area contributed by atoms with Crippen LogP contribution in [0.2, 0.25) is 0 Å². The summed E-state index contributed by atoms with van der Waals surface area (Å²) in [5.74, 6) is 1.58. The number of fused-ring (bicyclic) bond motifs is 1. The molecule has 0 aliphatic heterocycles. The molecule has 0 saturated heterocycles. The van der Waals surface area contributed by atoms with Gasteiger partial charge < -0.3 is 9.72 Å². The second kappa shape index (κ2) is 4.54. The van der Waals surface area contributed by atoms with E-state index < -0.39 is 0 Å². The fourth-order valence-corrected chi connectivity index (χ4v) is 3.15. The number of aryl methyl sites for hydroxylation is 1. The molecule has 0 aliphatic rings. The van der Waals surface area contributed by atoms with Crippen LogP contribution in [0.5, 0.6) is 0 Å². The van der Waals surface area contributed by atoms with E-state index in [-0.39, 0.29) is 0 Å².